The zero-order chi connectivity index (χ0) is 10.8. The van der Waals surface area contributed by atoms with Crippen LogP contribution in [0.1, 0.15) is 17.5 Å². The van der Waals surface area contributed by atoms with Crippen molar-refractivity contribution in [3.63, 3.8) is 0 Å². The fourth-order valence-corrected chi connectivity index (χ4v) is 2.04. The number of aliphatic hydroxyl groups is 1. The molecule has 15 heavy (non-hydrogen) atoms. The summed E-state index contributed by atoms with van der Waals surface area (Å²) in [7, 11) is 0. The first kappa shape index (κ1) is 10.0. The van der Waals surface area contributed by atoms with Gasteiger partial charge in [-0.3, -0.25) is 0 Å². The number of hydrogen-bond acceptors (Lipinski definition) is 3. The summed E-state index contributed by atoms with van der Waals surface area (Å²) in [5.41, 5.74) is 2.92. The van der Waals surface area contributed by atoms with Gasteiger partial charge in [-0.15, -0.1) is 0 Å². The summed E-state index contributed by atoms with van der Waals surface area (Å²) in [6.45, 7) is 3.60. The first-order chi connectivity index (χ1) is 7.20. The average Bonchev–Trinajstić information content (AvgIpc) is 2.64. The molecule has 2 rings (SSSR count). The zero-order valence-electron chi connectivity index (χ0n) is 8.77. The van der Waals surface area contributed by atoms with Crippen LogP contribution in [0.25, 0.3) is 0 Å². The van der Waals surface area contributed by atoms with Crippen molar-refractivity contribution in [3.8, 4) is 6.07 Å². The molecular formula is C12H14N2O. The SMILES string of the molecule is Cc1cc(C#N)ccc1N1CCC(O)C1. The fraction of sp³-hybridized carbons (Fsp3) is 0.417. The summed E-state index contributed by atoms with van der Waals surface area (Å²) >= 11 is 0. The van der Waals surface area contributed by atoms with Gasteiger partial charge in [-0.05, 0) is 37.1 Å². The first-order valence-electron chi connectivity index (χ1n) is 5.14. The highest BCUT2D eigenvalue weighted by molar-refractivity contribution is 5.56. The number of rotatable bonds is 1. The Hall–Kier alpha value is -1.53. The highest BCUT2D eigenvalue weighted by Crippen LogP contribution is 2.24. The van der Waals surface area contributed by atoms with E-state index < -0.39 is 0 Å². The van der Waals surface area contributed by atoms with Gasteiger partial charge in [-0.2, -0.15) is 5.26 Å². The largest absolute Gasteiger partial charge is 0.391 e. The van der Waals surface area contributed by atoms with Crippen LogP contribution in [-0.2, 0) is 0 Å². The molecule has 3 nitrogen and oxygen atoms in total. The molecule has 1 aliphatic rings. The predicted octanol–water partition coefficient (Wildman–Crippen LogP) is 1.44. The van der Waals surface area contributed by atoms with Crippen molar-refractivity contribution in [1.82, 2.24) is 0 Å². The molecule has 1 saturated heterocycles. The van der Waals surface area contributed by atoms with Gasteiger partial charge in [0.05, 0.1) is 17.7 Å². The number of aryl methyl sites for hydroxylation is 1. The van der Waals surface area contributed by atoms with E-state index in [0.717, 1.165) is 24.2 Å². The van der Waals surface area contributed by atoms with Crippen LogP contribution >= 0.6 is 0 Å². The Bertz CT molecular complexity index is 409. The van der Waals surface area contributed by atoms with E-state index in [1.807, 2.05) is 25.1 Å². The summed E-state index contributed by atoms with van der Waals surface area (Å²) < 4.78 is 0. The Kier molecular flexibility index (Phi) is 2.61. The lowest BCUT2D eigenvalue weighted by Gasteiger charge is -2.20. The Morgan fingerprint density at radius 1 is 1.53 bits per heavy atom. The number of aliphatic hydroxyl groups excluding tert-OH is 1. The van der Waals surface area contributed by atoms with Gasteiger partial charge in [-0.1, -0.05) is 0 Å². The lowest BCUT2D eigenvalue weighted by atomic mass is 10.1. The number of anilines is 1. The van der Waals surface area contributed by atoms with Gasteiger partial charge < -0.3 is 10.0 Å². The molecule has 1 unspecified atom stereocenters. The van der Waals surface area contributed by atoms with Crippen LogP contribution in [0.4, 0.5) is 5.69 Å². The third kappa shape index (κ3) is 1.95. The van der Waals surface area contributed by atoms with E-state index in [2.05, 4.69) is 11.0 Å². The molecule has 0 aromatic heterocycles. The molecule has 0 spiro atoms. The minimum Gasteiger partial charge on any atom is -0.391 e. The van der Waals surface area contributed by atoms with Crippen molar-refractivity contribution in [3.05, 3.63) is 29.3 Å². The second-order valence-electron chi connectivity index (χ2n) is 4.00. The normalized spacial score (nSPS) is 20.3. The highest BCUT2D eigenvalue weighted by Gasteiger charge is 2.21. The third-order valence-electron chi connectivity index (χ3n) is 2.83. The zero-order valence-corrected chi connectivity index (χ0v) is 8.77. The second kappa shape index (κ2) is 3.92. The summed E-state index contributed by atoms with van der Waals surface area (Å²) in [5, 5.41) is 18.2. The number of benzene rings is 1. The van der Waals surface area contributed by atoms with Gasteiger partial charge in [0.2, 0.25) is 0 Å². The van der Waals surface area contributed by atoms with Crippen LogP contribution in [0.2, 0.25) is 0 Å². The maximum Gasteiger partial charge on any atom is 0.0991 e. The number of hydrogen-bond donors (Lipinski definition) is 1. The van der Waals surface area contributed by atoms with E-state index in [1.54, 1.807) is 0 Å². The van der Waals surface area contributed by atoms with Crippen LogP contribution in [0.5, 0.6) is 0 Å². The van der Waals surface area contributed by atoms with Gasteiger partial charge in [0.25, 0.3) is 0 Å². The van der Waals surface area contributed by atoms with Crippen LogP contribution < -0.4 is 4.90 Å². The number of nitriles is 1. The Morgan fingerprint density at radius 2 is 2.33 bits per heavy atom. The first-order valence-corrected chi connectivity index (χ1v) is 5.14. The van der Waals surface area contributed by atoms with E-state index in [4.69, 9.17) is 5.26 Å². The van der Waals surface area contributed by atoms with Gasteiger partial charge in [0, 0.05) is 18.8 Å². The quantitative estimate of drug-likeness (QED) is 0.749. The minimum atomic E-state index is -0.208. The molecule has 0 amide bonds. The molecule has 1 aliphatic heterocycles. The van der Waals surface area contributed by atoms with E-state index in [1.165, 1.54) is 0 Å². The summed E-state index contributed by atoms with van der Waals surface area (Å²) in [6, 6.07) is 7.81. The molecule has 0 bridgehead atoms. The van der Waals surface area contributed by atoms with Crippen molar-refractivity contribution in [2.75, 3.05) is 18.0 Å². The molecule has 0 saturated carbocycles. The summed E-state index contributed by atoms with van der Waals surface area (Å²) in [6.07, 6.45) is 0.624. The molecule has 0 radical (unpaired) electrons. The van der Waals surface area contributed by atoms with Crippen molar-refractivity contribution in [2.45, 2.75) is 19.4 Å². The van der Waals surface area contributed by atoms with E-state index in [0.29, 0.717) is 12.1 Å². The van der Waals surface area contributed by atoms with Gasteiger partial charge in [0.15, 0.2) is 0 Å². The number of nitrogens with zero attached hydrogens (tertiary/aromatic N) is 2. The smallest absolute Gasteiger partial charge is 0.0991 e. The minimum absolute atomic E-state index is 0.208. The predicted molar refractivity (Wildman–Crippen MR) is 58.7 cm³/mol. The molecule has 3 heteroatoms. The van der Waals surface area contributed by atoms with Gasteiger partial charge in [-0.25, -0.2) is 0 Å². The van der Waals surface area contributed by atoms with Crippen LogP contribution in [0.3, 0.4) is 0 Å². The van der Waals surface area contributed by atoms with Gasteiger partial charge >= 0.3 is 0 Å². The highest BCUT2D eigenvalue weighted by atomic mass is 16.3. The fourth-order valence-electron chi connectivity index (χ4n) is 2.04. The average molecular weight is 202 g/mol. The standard InChI is InChI=1S/C12H14N2O/c1-9-6-10(7-13)2-3-12(9)14-5-4-11(15)8-14/h2-3,6,11,15H,4-5,8H2,1H3. The van der Waals surface area contributed by atoms with Crippen LogP contribution in [-0.4, -0.2) is 24.3 Å². The molecule has 1 fully saturated rings. The van der Waals surface area contributed by atoms with Crippen LogP contribution in [0.15, 0.2) is 18.2 Å². The van der Waals surface area contributed by atoms with Gasteiger partial charge in [0.1, 0.15) is 0 Å². The lowest BCUT2D eigenvalue weighted by Crippen LogP contribution is -2.21. The van der Waals surface area contributed by atoms with Crippen molar-refractivity contribution < 1.29 is 5.11 Å². The van der Waals surface area contributed by atoms with E-state index in [9.17, 15) is 5.11 Å². The summed E-state index contributed by atoms with van der Waals surface area (Å²) in [4.78, 5) is 2.17. The molecule has 0 aliphatic carbocycles. The Labute approximate surface area is 89.6 Å². The van der Waals surface area contributed by atoms with E-state index in [-0.39, 0.29) is 6.10 Å². The molecule has 1 aromatic carbocycles. The lowest BCUT2D eigenvalue weighted by molar-refractivity contribution is 0.198. The molecular weight excluding hydrogens is 188 g/mol. The maximum atomic E-state index is 9.46. The molecule has 1 atom stereocenters. The van der Waals surface area contributed by atoms with Crippen molar-refractivity contribution in [2.24, 2.45) is 0 Å². The number of β-amino-alcohol motifs (C(OH)–C–C–N with tert-alkyl or cyclic N) is 1. The maximum absolute atomic E-state index is 9.46. The Morgan fingerprint density at radius 3 is 2.87 bits per heavy atom. The molecule has 78 valence electrons. The Balaban J connectivity index is 2.26. The van der Waals surface area contributed by atoms with Crippen molar-refractivity contribution >= 4 is 5.69 Å². The molecule has 1 heterocycles. The van der Waals surface area contributed by atoms with E-state index >= 15 is 0 Å². The molecule has 1 aromatic rings. The third-order valence-corrected chi connectivity index (χ3v) is 2.83. The molecule has 1 N–H and O–H groups in total. The topological polar surface area (TPSA) is 47.3 Å². The monoisotopic (exact) mass is 202 g/mol. The summed E-state index contributed by atoms with van der Waals surface area (Å²) in [5.74, 6) is 0. The van der Waals surface area contributed by atoms with Crippen LogP contribution in [0, 0.1) is 18.3 Å². The second-order valence-corrected chi connectivity index (χ2v) is 4.00. The van der Waals surface area contributed by atoms with Crippen molar-refractivity contribution in [1.29, 1.82) is 5.26 Å².